The summed E-state index contributed by atoms with van der Waals surface area (Å²) in [7, 11) is -2.21. The third-order valence-electron chi connectivity index (χ3n) is 5.93. The second-order valence-electron chi connectivity index (χ2n) is 8.22. The van der Waals surface area contributed by atoms with Gasteiger partial charge in [-0.25, -0.2) is 13.2 Å². The number of hydrogen-bond acceptors (Lipinski definition) is 6. The fourth-order valence-electron chi connectivity index (χ4n) is 4.25. The van der Waals surface area contributed by atoms with Crippen molar-refractivity contribution in [2.24, 2.45) is 0 Å². The van der Waals surface area contributed by atoms with E-state index < -0.39 is 32.7 Å². The number of aromatic carboxylic acids is 1. The predicted molar refractivity (Wildman–Crippen MR) is 120 cm³/mol. The van der Waals surface area contributed by atoms with Gasteiger partial charge in [-0.2, -0.15) is 5.10 Å². The molecular weight excluding hydrogens is 470 g/mol. The molecule has 0 amide bonds. The van der Waals surface area contributed by atoms with Gasteiger partial charge in [0.2, 0.25) is 0 Å². The van der Waals surface area contributed by atoms with Gasteiger partial charge in [0.25, 0.3) is 5.56 Å². The Kier molecular flexibility index (Phi) is 5.19. The zero-order valence-electron chi connectivity index (χ0n) is 17.6. The van der Waals surface area contributed by atoms with Gasteiger partial charge in [0.05, 0.1) is 35.7 Å². The number of carboxylic acid groups (broad SMARTS) is 1. The number of aromatic nitrogens is 3. The number of methoxy groups -OCH3 is 1. The molecule has 1 aliphatic carbocycles. The third-order valence-corrected chi connectivity index (χ3v) is 7.94. The fourth-order valence-corrected chi connectivity index (χ4v) is 6.09. The molecule has 1 fully saturated rings. The minimum Gasteiger partial charge on any atom is -0.477 e. The lowest BCUT2D eigenvalue weighted by Crippen LogP contribution is -2.30. The highest BCUT2D eigenvalue weighted by Crippen LogP contribution is 2.46. The van der Waals surface area contributed by atoms with Crippen molar-refractivity contribution in [1.29, 1.82) is 0 Å². The molecule has 11 heteroatoms. The van der Waals surface area contributed by atoms with Crippen molar-refractivity contribution in [3.8, 4) is 22.4 Å². The summed E-state index contributed by atoms with van der Waals surface area (Å²) < 4.78 is 34.6. The minimum atomic E-state index is -3.80. The first-order valence-corrected chi connectivity index (χ1v) is 12.3. The summed E-state index contributed by atoms with van der Waals surface area (Å²) in [6.07, 6.45) is 4.81. The molecule has 172 valence electrons. The van der Waals surface area contributed by atoms with Crippen LogP contribution in [-0.4, -0.2) is 47.6 Å². The van der Waals surface area contributed by atoms with Crippen molar-refractivity contribution in [2.45, 2.75) is 36.1 Å². The first kappa shape index (κ1) is 21.9. The molecule has 0 atom stereocenters. The molecule has 0 unspecified atom stereocenters. The lowest BCUT2D eigenvalue weighted by atomic mass is 10.00. The van der Waals surface area contributed by atoms with Gasteiger partial charge in [-0.15, -0.1) is 0 Å². The van der Waals surface area contributed by atoms with Crippen molar-refractivity contribution in [1.82, 2.24) is 14.3 Å². The lowest BCUT2D eigenvalue weighted by Gasteiger charge is -2.25. The summed E-state index contributed by atoms with van der Waals surface area (Å²) in [4.78, 5) is 24.7. The van der Waals surface area contributed by atoms with Crippen LogP contribution in [0.4, 0.5) is 0 Å². The zero-order chi connectivity index (χ0) is 23.5. The van der Waals surface area contributed by atoms with Gasteiger partial charge in [-0.3, -0.25) is 9.48 Å². The summed E-state index contributed by atoms with van der Waals surface area (Å²) >= 11 is 6.60. The maximum Gasteiger partial charge on any atom is 0.341 e. The number of benzene rings is 1. The van der Waals surface area contributed by atoms with Crippen LogP contribution in [0, 0.1) is 0 Å². The number of ether oxygens (including phenoxy) is 1. The number of carboxylic acids is 1. The number of rotatable bonds is 6. The molecule has 0 saturated heterocycles. The Morgan fingerprint density at radius 2 is 2.03 bits per heavy atom. The Morgan fingerprint density at radius 3 is 2.70 bits per heavy atom. The molecule has 1 saturated carbocycles. The van der Waals surface area contributed by atoms with Gasteiger partial charge in [-0.05, 0) is 36.6 Å². The second-order valence-corrected chi connectivity index (χ2v) is 10.6. The number of pyridine rings is 1. The highest BCUT2D eigenvalue weighted by atomic mass is 35.5. The normalized spacial score (nSPS) is 16.3. The van der Waals surface area contributed by atoms with Gasteiger partial charge < -0.3 is 14.4 Å². The van der Waals surface area contributed by atoms with E-state index in [4.69, 9.17) is 16.3 Å². The van der Waals surface area contributed by atoms with E-state index in [1.807, 2.05) is 0 Å². The number of halogens is 1. The summed E-state index contributed by atoms with van der Waals surface area (Å²) in [5.41, 5.74) is 1.15. The van der Waals surface area contributed by atoms with Gasteiger partial charge in [0.1, 0.15) is 5.56 Å². The molecule has 0 spiro atoms. The Balaban J connectivity index is 1.73. The van der Waals surface area contributed by atoms with Crippen molar-refractivity contribution >= 4 is 27.4 Å². The van der Waals surface area contributed by atoms with Crippen molar-refractivity contribution in [3.05, 3.63) is 57.1 Å². The van der Waals surface area contributed by atoms with Crippen LogP contribution in [0.3, 0.4) is 0 Å². The Hall–Kier alpha value is -2.95. The Labute approximate surface area is 194 Å². The quantitative estimate of drug-likeness (QED) is 0.565. The first-order valence-electron chi connectivity index (χ1n) is 10.3. The van der Waals surface area contributed by atoms with E-state index in [1.165, 1.54) is 16.7 Å². The molecule has 1 aliphatic heterocycles. The van der Waals surface area contributed by atoms with Crippen LogP contribution in [0.15, 0.2) is 40.3 Å². The molecule has 3 heterocycles. The summed E-state index contributed by atoms with van der Waals surface area (Å²) in [6.45, 7) is 1.01. The fraction of sp³-hybridized carbons (Fsp3) is 0.318. The number of sulfone groups is 1. The molecular formula is C22H20ClN3O6S. The van der Waals surface area contributed by atoms with Crippen LogP contribution in [0.25, 0.3) is 22.4 Å². The molecule has 9 nitrogen and oxygen atoms in total. The van der Waals surface area contributed by atoms with Crippen LogP contribution >= 0.6 is 11.6 Å². The van der Waals surface area contributed by atoms with E-state index in [-0.39, 0.29) is 10.9 Å². The van der Waals surface area contributed by atoms with E-state index in [0.717, 1.165) is 12.8 Å². The zero-order valence-corrected chi connectivity index (χ0v) is 19.2. The van der Waals surface area contributed by atoms with Crippen LogP contribution in [0.1, 0.15) is 34.8 Å². The molecule has 1 aromatic carbocycles. The largest absolute Gasteiger partial charge is 0.477 e. The number of nitrogens with zero attached hydrogens (tertiary/aromatic N) is 3. The minimum absolute atomic E-state index is 0.0657. The van der Waals surface area contributed by atoms with Crippen LogP contribution in [-0.2, 0) is 26.9 Å². The topological polar surface area (TPSA) is 120 Å². The van der Waals surface area contributed by atoms with E-state index in [9.17, 15) is 23.1 Å². The molecule has 0 bridgehead atoms. The van der Waals surface area contributed by atoms with Gasteiger partial charge >= 0.3 is 5.97 Å². The average Bonchev–Trinajstić information content (AvgIpc) is 3.48. The van der Waals surface area contributed by atoms with Gasteiger partial charge in [-0.1, -0.05) is 11.6 Å². The monoisotopic (exact) mass is 489 g/mol. The lowest BCUT2D eigenvalue weighted by molar-refractivity contribution is 0.0694. The molecule has 2 aliphatic rings. The van der Waals surface area contributed by atoms with E-state index >= 15 is 0 Å². The predicted octanol–water partition coefficient (Wildman–Crippen LogP) is 3.00. The summed E-state index contributed by atoms with van der Waals surface area (Å²) in [5, 5.41) is 14.1. The summed E-state index contributed by atoms with van der Waals surface area (Å²) in [6, 6.07) is 4.09. The maximum atomic E-state index is 13.2. The number of fused-ring (bicyclic) bond motifs is 3. The van der Waals surface area contributed by atoms with Crippen molar-refractivity contribution < 1.29 is 23.1 Å². The first-order chi connectivity index (χ1) is 15.7. The van der Waals surface area contributed by atoms with Crippen molar-refractivity contribution in [2.75, 3.05) is 13.7 Å². The second kappa shape index (κ2) is 7.82. The molecule has 3 aromatic rings. The van der Waals surface area contributed by atoms with E-state index in [2.05, 4.69) is 5.10 Å². The molecule has 2 aromatic heterocycles. The Bertz CT molecular complexity index is 1470. The van der Waals surface area contributed by atoms with Crippen molar-refractivity contribution in [3.63, 3.8) is 0 Å². The third kappa shape index (κ3) is 3.68. The van der Waals surface area contributed by atoms with Crippen LogP contribution < -0.4 is 5.56 Å². The smallest absolute Gasteiger partial charge is 0.341 e. The highest BCUT2D eigenvalue weighted by molar-refractivity contribution is 7.90. The average molecular weight is 490 g/mol. The molecule has 1 N–H and O–H groups in total. The standard InChI is InChI=1S/C22H20ClN3O6S/c1-32-5-4-25-10-13(9-24-25)15-8-19-16(7-18(15)23)20-12(11-33(19,30)31)6-17(22(28)29)21(27)26(20)14-2-3-14/h6-10,14H,2-5,11H2,1H3,(H,28,29). The Morgan fingerprint density at radius 1 is 1.27 bits per heavy atom. The van der Waals surface area contributed by atoms with Crippen LogP contribution in [0.5, 0.6) is 0 Å². The molecule has 0 radical (unpaired) electrons. The summed E-state index contributed by atoms with van der Waals surface area (Å²) in [5.74, 6) is -1.77. The highest BCUT2D eigenvalue weighted by Gasteiger charge is 2.37. The van der Waals surface area contributed by atoms with Gasteiger partial charge in [0, 0.05) is 41.1 Å². The molecule has 33 heavy (non-hydrogen) atoms. The SMILES string of the molecule is COCCn1cc(-c2cc3c(cc2Cl)-c2c(cc(C(=O)O)c(=O)n2C2CC2)CS3(=O)=O)cn1. The molecule has 5 rings (SSSR count). The maximum absolute atomic E-state index is 13.2. The van der Waals surface area contributed by atoms with Crippen LogP contribution in [0.2, 0.25) is 5.02 Å². The van der Waals surface area contributed by atoms with E-state index in [0.29, 0.717) is 46.1 Å². The van der Waals surface area contributed by atoms with E-state index in [1.54, 1.807) is 30.3 Å². The number of hydrogen-bond donors (Lipinski definition) is 1. The van der Waals surface area contributed by atoms with Gasteiger partial charge in [0.15, 0.2) is 9.84 Å². The number of carbonyl (C=O) groups is 1.